The number of fused-ring (bicyclic) bond motifs is 1. The zero-order valence-electron chi connectivity index (χ0n) is 10.7. The van der Waals surface area contributed by atoms with E-state index in [4.69, 9.17) is 17.2 Å². The SMILES string of the molecule is NC(=O)CN(CC(N)=O)c1ccc(N)c2cccnc12. The molecule has 0 spiro atoms. The lowest BCUT2D eigenvalue weighted by molar-refractivity contribution is -0.117. The Morgan fingerprint density at radius 2 is 1.75 bits per heavy atom. The third-order valence-electron chi connectivity index (χ3n) is 2.82. The smallest absolute Gasteiger partial charge is 0.236 e. The van der Waals surface area contributed by atoms with Gasteiger partial charge in [0, 0.05) is 17.3 Å². The summed E-state index contributed by atoms with van der Waals surface area (Å²) < 4.78 is 0. The molecule has 0 aliphatic rings. The predicted octanol–water partition coefficient (Wildman–Crippen LogP) is -0.406. The molecule has 2 aromatic rings. The molecule has 0 aliphatic heterocycles. The molecule has 0 fully saturated rings. The van der Waals surface area contributed by atoms with E-state index in [0.29, 0.717) is 16.9 Å². The van der Waals surface area contributed by atoms with Crippen LogP contribution in [0.15, 0.2) is 30.5 Å². The Bertz CT molecular complexity index is 655. The van der Waals surface area contributed by atoms with Crippen LogP contribution in [0.25, 0.3) is 10.9 Å². The van der Waals surface area contributed by atoms with Gasteiger partial charge in [0.25, 0.3) is 0 Å². The van der Waals surface area contributed by atoms with Crippen LogP contribution in [0.4, 0.5) is 11.4 Å². The Kier molecular flexibility index (Phi) is 3.69. The van der Waals surface area contributed by atoms with Gasteiger partial charge in [-0.05, 0) is 24.3 Å². The fourth-order valence-corrected chi connectivity index (χ4v) is 2.04. The number of nitrogens with two attached hydrogens (primary N) is 3. The number of rotatable bonds is 5. The normalized spacial score (nSPS) is 10.4. The van der Waals surface area contributed by atoms with Crippen LogP contribution in [0.1, 0.15) is 0 Å². The maximum atomic E-state index is 11.2. The summed E-state index contributed by atoms with van der Waals surface area (Å²) in [5.74, 6) is -1.13. The van der Waals surface area contributed by atoms with Gasteiger partial charge in [-0.25, -0.2) is 0 Å². The highest BCUT2D eigenvalue weighted by molar-refractivity contribution is 6.00. The molecule has 0 atom stereocenters. The maximum Gasteiger partial charge on any atom is 0.236 e. The van der Waals surface area contributed by atoms with Crippen LogP contribution in [0, 0.1) is 0 Å². The molecule has 104 valence electrons. The van der Waals surface area contributed by atoms with Crippen molar-refractivity contribution in [2.45, 2.75) is 0 Å². The highest BCUT2D eigenvalue weighted by Gasteiger charge is 2.16. The number of carbonyl (C=O) groups excluding carboxylic acids is 2. The van der Waals surface area contributed by atoms with E-state index in [-0.39, 0.29) is 13.1 Å². The van der Waals surface area contributed by atoms with Gasteiger partial charge < -0.3 is 22.1 Å². The molecule has 0 bridgehead atoms. The number of hydrogen-bond acceptors (Lipinski definition) is 5. The fourth-order valence-electron chi connectivity index (χ4n) is 2.04. The summed E-state index contributed by atoms with van der Waals surface area (Å²) in [6, 6.07) is 6.95. The molecule has 0 unspecified atom stereocenters. The van der Waals surface area contributed by atoms with E-state index >= 15 is 0 Å². The van der Waals surface area contributed by atoms with Gasteiger partial charge in [0.1, 0.15) is 0 Å². The zero-order chi connectivity index (χ0) is 14.7. The van der Waals surface area contributed by atoms with Crippen molar-refractivity contribution in [2.75, 3.05) is 23.7 Å². The van der Waals surface area contributed by atoms with Gasteiger partial charge in [0.15, 0.2) is 0 Å². The lowest BCUT2D eigenvalue weighted by Gasteiger charge is -2.23. The number of nitrogen functional groups attached to an aromatic ring is 1. The van der Waals surface area contributed by atoms with E-state index in [9.17, 15) is 9.59 Å². The summed E-state index contributed by atoms with van der Waals surface area (Å²) in [7, 11) is 0. The van der Waals surface area contributed by atoms with Crippen molar-refractivity contribution in [1.82, 2.24) is 4.98 Å². The number of hydrogen-bond donors (Lipinski definition) is 3. The highest BCUT2D eigenvalue weighted by atomic mass is 16.2. The van der Waals surface area contributed by atoms with Crippen molar-refractivity contribution in [1.29, 1.82) is 0 Å². The Balaban J connectivity index is 2.55. The fraction of sp³-hybridized carbons (Fsp3) is 0.154. The molecule has 2 amide bonds. The number of amides is 2. The Morgan fingerprint density at radius 1 is 1.10 bits per heavy atom. The van der Waals surface area contributed by atoms with Crippen LogP contribution in [-0.2, 0) is 9.59 Å². The molecule has 7 heteroatoms. The molecule has 1 aromatic carbocycles. The topological polar surface area (TPSA) is 128 Å². The molecule has 0 aliphatic carbocycles. The van der Waals surface area contributed by atoms with Gasteiger partial charge in [-0.2, -0.15) is 0 Å². The van der Waals surface area contributed by atoms with Gasteiger partial charge in [0.2, 0.25) is 11.8 Å². The minimum Gasteiger partial charge on any atom is -0.398 e. The maximum absolute atomic E-state index is 11.2. The van der Waals surface area contributed by atoms with Gasteiger partial charge in [-0.3, -0.25) is 14.6 Å². The first-order valence-corrected chi connectivity index (χ1v) is 5.94. The van der Waals surface area contributed by atoms with Crippen LogP contribution in [-0.4, -0.2) is 29.9 Å². The monoisotopic (exact) mass is 273 g/mol. The lowest BCUT2D eigenvalue weighted by atomic mass is 10.1. The number of carbonyl (C=O) groups is 2. The Labute approximate surface area is 115 Å². The third-order valence-corrected chi connectivity index (χ3v) is 2.82. The second kappa shape index (κ2) is 5.43. The lowest BCUT2D eigenvalue weighted by Crippen LogP contribution is -2.39. The van der Waals surface area contributed by atoms with Gasteiger partial charge in [0.05, 0.1) is 24.3 Å². The van der Waals surface area contributed by atoms with E-state index in [1.165, 1.54) is 4.90 Å². The van der Waals surface area contributed by atoms with Crippen molar-refractivity contribution in [2.24, 2.45) is 11.5 Å². The molecule has 7 nitrogen and oxygen atoms in total. The largest absolute Gasteiger partial charge is 0.398 e. The average Bonchev–Trinajstić information content (AvgIpc) is 2.37. The summed E-state index contributed by atoms with van der Waals surface area (Å²) in [5, 5.41) is 0.740. The second-order valence-corrected chi connectivity index (χ2v) is 4.36. The number of primary amides is 2. The number of anilines is 2. The van der Waals surface area contributed by atoms with Crippen LogP contribution >= 0.6 is 0 Å². The first-order valence-electron chi connectivity index (χ1n) is 5.94. The van der Waals surface area contributed by atoms with Gasteiger partial charge in [-0.1, -0.05) is 0 Å². The van der Waals surface area contributed by atoms with Crippen molar-refractivity contribution < 1.29 is 9.59 Å². The van der Waals surface area contributed by atoms with E-state index < -0.39 is 11.8 Å². The molecule has 2 rings (SSSR count). The average molecular weight is 273 g/mol. The quantitative estimate of drug-likeness (QED) is 0.638. The molecular weight excluding hydrogens is 258 g/mol. The highest BCUT2D eigenvalue weighted by Crippen LogP contribution is 2.28. The Hall–Kier alpha value is -2.83. The first kappa shape index (κ1) is 13.6. The van der Waals surface area contributed by atoms with Gasteiger partial charge in [-0.15, -0.1) is 0 Å². The van der Waals surface area contributed by atoms with Crippen molar-refractivity contribution in [3.8, 4) is 0 Å². The molecule has 6 N–H and O–H groups in total. The van der Waals surface area contributed by atoms with E-state index in [1.807, 2.05) is 6.07 Å². The Morgan fingerprint density at radius 3 is 2.35 bits per heavy atom. The summed E-state index contributed by atoms with van der Waals surface area (Å²) in [6.07, 6.45) is 1.61. The van der Waals surface area contributed by atoms with Gasteiger partial charge >= 0.3 is 0 Å². The van der Waals surface area contributed by atoms with Crippen LogP contribution in [0.2, 0.25) is 0 Å². The van der Waals surface area contributed by atoms with Crippen molar-refractivity contribution >= 4 is 34.1 Å². The van der Waals surface area contributed by atoms with E-state index in [2.05, 4.69) is 4.98 Å². The second-order valence-electron chi connectivity index (χ2n) is 4.36. The first-order chi connectivity index (χ1) is 9.49. The third kappa shape index (κ3) is 2.77. The van der Waals surface area contributed by atoms with Crippen molar-refractivity contribution in [3.05, 3.63) is 30.5 Å². The summed E-state index contributed by atoms with van der Waals surface area (Å²) in [4.78, 5) is 28.0. The predicted molar refractivity (Wildman–Crippen MR) is 76.8 cm³/mol. The van der Waals surface area contributed by atoms with Crippen molar-refractivity contribution in [3.63, 3.8) is 0 Å². The number of benzene rings is 1. The molecule has 0 radical (unpaired) electrons. The zero-order valence-corrected chi connectivity index (χ0v) is 10.7. The van der Waals surface area contributed by atoms with Crippen LogP contribution in [0.3, 0.4) is 0 Å². The molecule has 1 heterocycles. The number of aromatic nitrogens is 1. The molecule has 20 heavy (non-hydrogen) atoms. The van der Waals surface area contributed by atoms with E-state index in [0.717, 1.165) is 5.39 Å². The summed E-state index contributed by atoms with van der Waals surface area (Å²) >= 11 is 0. The number of nitrogens with zero attached hydrogens (tertiary/aromatic N) is 2. The molecular formula is C13H15N5O2. The standard InChI is InChI=1S/C13H15N5O2/c14-9-3-4-10(13-8(9)2-1-5-17-13)18(6-11(15)19)7-12(16)20/h1-5H,6-7,14H2,(H2,15,19)(H2,16,20). The summed E-state index contributed by atoms with van der Waals surface area (Å²) in [5.41, 5.74) is 18.0. The molecule has 0 saturated carbocycles. The van der Waals surface area contributed by atoms with Crippen LogP contribution in [0.5, 0.6) is 0 Å². The number of pyridine rings is 1. The minimum atomic E-state index is -0.563. The minimum absolute atomic E-state index is 0.126. The van der Waals surface area contributed by atoms with Crippen LogP contribution < -0.4 is 22.1 Å². The summed E-state index contributed by atoms with van der Waals surface area (Å²) in [6.45, 7) is -0.253. The van der Waals surface area contributed by atoms with E-state index in [1.54, 1.807) is 24.4 Å². The molecule has 1 aromatic heterocycles. The molecule has 0 saturated heterocycles.